The fourth-order valence-corrected chi connectivity index (χ4v) is 1.45. The van der Waals surface area contributed by atoms with Crippen LogP contribution in [0.25, 0.3) is 0 Å². The molecule has 0 saturated heterocycles. The maximum absolute atomic E-state index is 11.8. The van der Waals surface area contributed by atoms with Gasteiger partial charge in [-0.2, -0.15) is 5.26 Å². The summed E-state index contributed by atoms with van der Waals surface area (Å²) in [6, 6.07) is 10.7. The number of hydrogen-bond acceptors (Lipinski definition) is 4. The summed E-state index contributed by atoms with van der Waals surface area (Å²) < 4.78 is 4.90. The SMILES string of the molecule is CCOC(=O)C(C#N)(CN)c1ccccc1. The first-order chi connectivity index (χ1) is 7.71. The van der Waals surface area contributed by atoms with Crippen molar-refractivity contribution < 1.29 is 9.53 Å². The van der Waals surface area contributed by atoms with Gasteiger partial charge in [-0.05, 0) is 12.5 Å². The normalized spacial score (nSPS) is 13.6. The third kappa shape index (κ3) is 2.05. The van der Waals surface area contributed by atoms with Gasteiger partial charge < -0.3 is 10.5 Å². The third-order valence-electron chi connectivity index (χ3n) is 2.39. The molecule has 4 heteroatoms. The quantitative estimate of drug-likeness (QED) is 0.764. The summed E-state index contributed by atoms with van der Waals surface area (Å²) in [7, 11) is 0. The number of carbonyl (C=O) groups excluding carboxylic acids is 1. The van der Waals surface area contributed by atoms with Crippen LogP contribution in [-0.2, 0) is 14.9 Å². The Morgan fingerprint density at radius 3 is 2.56 bits per heavy atom. The van der Waals surface area contributed by atoms with Crippen LogP contribution in [0.5, 0.6) is 0 Å². The Bertz CT molecular complexity index is 397. The van der Waals surface area contributed by atoms with E-state index in [2.05, 4.69) is 0 Å². The fourth-order valence-electron chi connectivity index (χ4n) is 1.45. The summed E-state index contributed by atoms with van der Waals surface area (Å²) in [6.07, 6.45) is 0. The summed E-state index contributed by atoms with van der Waals surface area (Å²) in [4.78, 5) is 11.8. The smallest absolute Gasteiger partial charge is 0.332 e. The molecule has 0 amide bonds. The van der Waals surface area contributed by atoms with Gasteiger partial charge in [0.25, 0.3) is 0 Å². The van der Waals surface area contributed by atoms with E-state index < -0.39 is 11.4 Å². The van der Waals surface area contributed by atoms with E-state index in [0.29, 0.717) is 5.56 Å². The van der Waals surface area contributed by atoms with Gasteiger partial charge in [-0.25, -0.2) is 4.79 Å². The molecule has 0 radical (unpaired) electrons. The predicted octanol–water partition coefficient (Wildman–Crippen LogP) is 0.970. The lowest BCUT2D eigenvalue weighted by molar-refractivity contribution is -0.147. The number of hydrogen-bond donors (Lipinski definition) is 1. The van der Waals surface area contributed by atoms with Crippen molar-refractivity contribution in [3.05, 3.63) is 35.9 Å². The molecule has 0 spiro atoms. The van der Waals surface area contributed by atoms with Crippen LogP contribution >= 0.6 is 0 Å². The molecule has 0 heterocycles. The van der Waals surface area contributed by atoms with E-state index in [1.807, 2.05) is 12.1 Å². The summed E-state index contributed by atoms with van der Waals surface area (Å²) in [5.74, 6) is -0.591. The lowest BCUT2D eigenvalue weighted by atomic mass is 9.82. The van der Waals surface area contributed by atoms with E-state index in [0.717, 1.165) is 0 Å². The average Bonchev–Trinajstić information content (AvgIpc) is 2.33. The standard InChI is InChI=1S/C12H14N2O2/c1-2-16-11(15)12(8-13,9-14)10-6-4-3-5-7-10/h3-7H,2,8,13H2,1H3. The van der Waals surface area contributed by atoms with Gasteiger partial charge in [0.15, 0.2) is 5.41 Å². The molecule has 0 saturated carbocycles. The Labute approximate surface area is 94.6 Å². The molecule has 16 heavy (non-hydrogen) atoms. The molecular formula is C12H14N2O2. The first-order valence-electron chi connectivity index (χ1n) is 5.05. The van der Waals surface area contributed by atoms with Crippen molar-refractivity contribution in [1.29, 1.82) is 5.26 Å². The molecule has 4 nitrogen and oxygen atoms in total. The molecule has 0 aliphatic rings. The minimum atomic E-state index is -1.39. The summed E-state index contributed by atoms with van der Waals surface area (Å²) >= 11 is 0. The topological polar surface area (TPSA) is 76.1 Å². The number of esters is 1. The summed E-state index contributed by atoms with van der Waals surface area (Å²) in [5.41, 5.74) is 4.73. The fraction of sp³-hybridized carbons (Fsp3) is 0.333. The van der Waals surface area contributed by atoms with Gasteiger partial charge in [0, 0.05) is 6.54 Å². The van der Waals surface area contributed by atoms with Crippen LogP contribution < -0.4 is 5.73 Å². The average molecular weight is 218 g/mol. The molecule has 1 aromatic rings. The highest BCUT2D eigenvalue weighted by Gasteiger charge is 2.40. The monoisotopic (exact) mass is 218 g/mol. The summed E-state index contributed by atoms with van der Waals surface area (Å²) in [5, 5.41) is 9.20. The van der Waals surface area contributed by atoms with Crippen molar-refractivity contribution >= 4 is 5.97 Å². The van der Waals surface area contributed by atoms with Crippen LogP contribution in [0.4, 0.5) is 0 Å². The number of carbonyl (C=O) groups is 1. The molecule has 1 atom stereocenters. The van der Waals surface area contributed by atoms with Crippen LogP contribution in [0.2, 0.25) is 0 Å². The van der Waals surface area contributed by atoms with Crippen molar-refractivity contribution in [2.45, 2.75) is 12.3 Å². The Balaban J connectivity index is 3.17. The Morgan fingerprint density at radius 1 is 1.50 bits per heavy atom. The molecule has 1 rings (SSSR count). The Hall–Kier alpha value is -1.86. The van der Waals surface area contributed by atoms with Crippen LogP contribution in [-0.4, -0.2) is 19.1 Å². The molecule has 1 unspecified atom stereocenters. The van der Waals surface area contributed by atoms with E-state index in [1.165, 1.54) is 0 Å². The molecule has 1 aromatic carbocycles. The number of nitriles is 1. The van der Waals surface area contributed by atoms with Crippen molar-refractivity contribution in [2.75, 3.05) is 13.2 Å². The van der Waals surface area contributed by atoms with E-state index in [9.17, 15) is 10.1 Å². The minimum absolute atomic E-state index is 0.0909. The highest BCUT2D eigenvalue weighted by Crippen LogP contribution is 2.23. The van der Waals surface area contributed by atoms with Crippen LogP contribution in [0.1, 0.15) is 12.5 Å². The number of ether oxygens (including phenoxy) is 1. The Kier molecular flexibility index (Phi) is 4.03. The largest absolute Gasteiger partial charge is 0.465 e. The zero-order chi connectivity index (χ0) is 12.0. The molecule has 2 N–H and O–H groups in total. The maximum atomic E-state index is 11.8. The van der Waals surface area contributed by atoms with E-state index >= 15 is 0 Å². The maximum Gasteiger partial charge on any atom is 0.332 e. The van der Waals surface area contributed by atoms with Crippen molar-refractivity contribution in [2.24, 2.45) is 5.73 Å². The van der Waals surface area contributed by atoms with Crippen molar-refractivity contribution in [3.63, 3.8) is 0 Å². The number of nitrogens with zero attached hydrogens (tertiary/aromatic N) is 1. The molecule has 0 aliphatic carbocycles. The van der Waals surface area contributed by atoms with Crippen LogP contribution in [0.3, 0.4) is 0 Å². The lowest BCUT2D eigenvalue weighted by Crippen LogP contribution is -2.43. The Morgan fingerprint density at radius 2 is 2.12 bits per heavy atom. The molecule has 84 valence electrons. The second-order valence-electron chi connectivity index (χ2n) is 3.31. The second kappa shape index (κ2) is 5.29. The van der Waals surface area contributed by atoms with Crippen molar-refractivity contribution in [3.8, 4) is 6.07 Å². The van der Waals surface area contributed by atoms with Gasteiger partial charge in [-0.3, -0.25) is 0 Å². The van der Waals surface area contributed by atoms with E-state index in [1.54, 1.807) is 31.2 Å². The first kappa shape index (κ1) is 12.2. The van der Waals surface area contributed by atoms with Crippen LogP contribution in [0.15, 0.2) is 30.3 Å². The highest BCUT2D eigenvalue weighted by atomic mass is 16.5. The van der Waals surface area contributed by atoms with Gasteiger partial charge >= 0.3 is 5.97 Å². The van der Waals surface area contributed by atoms with Gasteiger partial charge in [0.1, 0.15) is 0 Å². The first-order valence-corrected chi connectivity index (χ1v) is 5.05. The molecule has 0 aliphatic heterocycles. The molecule has 0 aromatic heterocycles. The van der Waals surface area contributed by atoms with Gasteiger partial charge in [-0.15, -0.1) is 0 Å². The molecule has 0 bridgehead atoms. The van der Waals surface area contributed by atoms with Crippen LogP contribution in [0, 0.1) is 11.3 Å². The molecular weight excluding hydrogens is 204 g/mol. The van der Waals surface area contributed by atoms with E-state index in [4.69, 9.17) is 10.5 Å². The van der Waals surface area contributed by atoms with Gasteiger partial charge in [-0.1, -0.05) is 30.3 Å². The lowest BCUT2D eigenvalue weighted by Gasteiger charge is -2.22. The molecule has 0 fully saturated rings. The number of benzene rings is 1. The summed E-state index contributed by atoms with van der Waals surface area (Å²) in [6.45, 7) is 1.84. The number of rotatable bonds is 4. The zero-order valence-corrected chi connectivity index (χ0v) is 9.14. The predicted molar refractivity (Wildman–Crippen MR) is 59.4 cm³/mol. The highest BCUT2D eigenvalue weighted by molar-refractivity contribution is 5.87. The number of nitrogens with two attached hydrogens (primary N) is 1. The second-order valence-corrected chi connectivity index (χ2v) is 3.31. The van der Waals surface area contributed by atoms with Gasteiger partial charge in [0.2, 0.25) is 0 Å². The third-order valence-corrected chi connectivity index (χ3v) is 2.39. The minimum Gasteiger partial charge on any atom is -0.465 e. The van der Waals surface area contributed by atoms with Gasteiger partial charge in [0.05, 0.1) is 12.7 Å². The zero-order valence-electron chi connectivity index (χ0n) is 9.14. The van der Waals surface area contributed by atoms with E-state index in [-0.39, 0.29) is 13.2 Å². The van der Waals surface area contributed by atoms with Crippen molar-refractivity contribution in [1.82, 2.24) is 0 Å².